The van der Waals surface area contributed by atoms with Gasteiger partial charge in [0.1, 0.15) is 11.5 Å². The highest BCUT2D eigenvalue weighted by atomic mass is 16.3. The Hall–Kier alpha value is -1.91. The van der Waals surface area contributed by atoms with E-state index in [-0.39, 0.29) is 23.4 Å². The molecule has 110 valence electrons. The summed E-state index contributed by atoms with van der Waals surface area (Å²) in [6.07, 6.45) is 2.60. The van der Waals surface area contributed by atoms with E-state index in [2.05, 4.69) is 5.32 Å². The maximum Gasteiger partial charge on any atom is 0.317 e. The lowest BCUT2D eigenvalue weighted by Crippen LogP contribution is -2.44. The van der Waals surface area contributed by atoms with Crippen LogP contribution in [0.4, 0.5) is 4.79 Å². The lowest BCUT2D eigenvalue weighted by Gasteiger charge is -2.32. The molecule has 0 radical (unpaired) electrons. The number of hydrogen-bond donors (Lipinski definition) is 3. The molecule has 0 aromatic heterocycles. The molecular weight excluding hydrogens is 256 g/mol. The van der Waals surface area contributed by atoms with Crippen LogP contribution in [0.2, 0.25) is 0 Å². The summed E-state index contributed by atoms with van der Waals surface area (Å²) in [6, 6.07) is 4.73. The van der Waals surface area contributed by atoms with Gasteiger partial charge in [-0.2, -0.15) is 0 Å². The minimum absolute atomic E-state index is 0.000211. The van der Waals surface area contributed by atoms with E-state index in [1.165, 1.54) is 6.07 Å². The molecule has 0 spiro atoms. The average Bonchev–Trinajstić information content (AvgIpc) is 2.45. The highest BCUT2D eigenvalue weighted by molar-refractivity contribution is 5.74. The second-order valence-corrected chi connectivity index (χ2v) is 5.24. The van der Waals surface area contributed by atoms with Crippen molar-refractivity contribution in [1.29, 1.82) is 0 Å². The normalized spacial score (nSPS) is 16.1. The van der Waals surface area contributed by atoms with Crippen LogP contribution in [-0.2, 0) is 0 Å². The van der Waals surface area contributed by atoms with Crippen LogP contribution >= 0.6 is 0 Å². The molecule has 0 atom stereocenters. The number of nitrogens with one attached hydrogen (secondary N) is 1. The number of nitrogens with zero attached hydrogens (tertiary/aromatic N) is 1. The van der Waals surface area contributed by atoms with Crippen molar-refractivity contribution in [2.24, 2.45) is 0 Å². The van der Waals surface area contributed by atoms with Crippen molar-refractivity contribution in [2.45, 2.75) is 32.1 Å². The van der Waals surface area contributed by atoms with Crippen LogP contribution in [0, 0.1) is 0 Å². The van der Waals surface area contributed by atoms with Crippen LogP contribution in [-0.4, -0.2) is 40.8 Å². The first kappa shape index (κ1) is 14.5. The molecule has 1 aromatic carbocycles. The number of rotatable bonds is 3. The summed E-state index contributed by atoms with van der Waals surface area (Å²) in [5.74, 6) is 0.451. The highest BCUT2D eigenvalue weighted by Crippen LogP contribution is 2.35. The lowest BCUT2D eigenvalue weighted by atomic mass is 9.89. The van der Waals surface area contributed by atoms with Gasteiger partial charge in [0.15, 0.2) is 0 Å². The third-order valence-corrected chi connectivity index (χ3v) is 3.76. The molecule has 1 aromatic rings. The molecule has 1 saturated heterocycles. The minimum Gasteiger partial charge on any atom is -0.508 e. The number of likely N-dealkylation sites (tertiary alicyclic amines) is 1. The van der Waals surface area contributed by atoms with Crippen molar-refractivity contribution in [2.75, 3.05) is 19.6 Å². The molecule has 0 bridgehead atoms. The van der Waals surface area contributed by atoms with Crippen molar-refractivity contribution in [1.82, 2.24) is 10.2 Å². The molecule has 1 aliphatic rings. The van der Waals surface area contributed by atoms with Crippen molar-refractivity contribution < 1.29 is 15.0 Å². The highest BCUT2D eigenvalue weighted by Gasteiger charge is 2.25. The smallest absolute Gasteiger partial charge is 0.317 e. The van der Waals surface area contributed by atoms with Gasteiger partial charge < -0.3 is 20.4 Å². The third-order valence-electron chi connectivity index (χ3n) is 3.76. The number of carbonyl (C=O) groups excluding carboxylic acids is 1. The zero-order valence-corrected chi connectivity index (χ0v) is 11.8. The Bertz CT molecular complexity index is 468. The van der Waals surface area contributed by atoms with E-state index < -0.39 is 0 Å². The summed E-state index contributed by atoms with van der Waals surface area (Å²) >= 11 is 0. The number of benzene rings is 1. The van der Waals surface area contributed by atoms with Crippen molar-refractivity contribution in [3.05, 3.63) is 23.8 Å². The average molecular weight is 278 g/mol. The molecule has 3 N–H and O–H groups in total. The van der Waals surface area contributed by atoms with E-state index in [9.17, 15) is 15.0 Å². The predicted octanol–water partition coefficient (Wildman–Crippen LogP) is 2.40. The number of carbonyl (C=O) groups is 1. The predicted molar refractivity (Wildman–Crippen MR) is 77.0 cm³/mol. The van der Waals surface area contributed by atoms with Crippen LogP contribution in [0.1, 0.15) is 37.7 Å². The second-order valence-electron chi connectivity index (χ2n) is 5.24. The number of phenolic OH excluding ortho intramolecular Hbond substituents is 2. The molecule has 2 rings (SSSR count). The van der Waals surface area contributed by atoms with Crippen molar-refractivity contribution in [3.63, 3.8) is 0 Å². The van der Waals surface area contributed by atoms with Gasteiger partial charge in [-0.05, 0) is 36.8 Å². The number of aromatic hydroxyl groups is 2. The third kappa shape index (κ3) is 3.35. The van der Waals surface area contributed by atoms with Gasteiger partial charge in [0.25, 0.3) is 0 Å². The topological polar surface area (TPSA) is 72.8 Å². The van der Waals surface area contributed by atoms with Gasteiger partial charge in [-0.15, -0.1) is 0 Å². The minimum atomic E-state index is 0.000211. The maximum atomic E-state index is 11.8. The van der Waals surface area contributed by atoms with E-state index >= 15 is 0 Å². The van der Waals surface area contributed by atoms with Crippen LogP contribution in [0.15, 0.2) is 18.2 Å². The lowest BCUT2D eigenvalue weighted by molar-refractivity contribution is 0.181. The van der Waals surface area contributed by atoms with Gasteiger partial charge in [-0.3, -0.25) is 0 Å². The zero-order valence-electron chi connectivity index (χ0n) is 11.8. The first-order valence-electron chi connectivity index (χ1n) is 7.16. The molecule has 1 heterocycles. The van der Waals surface area contributed by atoms with Gasteiger partial charge >= 0.3 is 6.03 Å². The Morgan fingerprint density at radius 1 is 1.35 bits per heavy atom. The Morgan fingerprint density at radius 2 is 2.05 bits per heavy atom. The summed E-state index contributed by atoms with van der Waals surface area (Å²) in [5, 5.41) is 22.1. The first-order valence-corrected chi connectivity index (χ1v) is 7.16. The van der Waals surface area contributed by atoms with Gasteiger partial charge in [0, 0.05) is 25.7 Å². The van der Waals surface area contributed by atoms with Gasteiger partial charge in [0.2, 0.25) is 0 Å². The molecule has 0 unspecified atom stereocenters. The summed E-state index contributed by atoms with van der Waals surface area (Å²) in [6.45, 7) is 4.12. The molecule has 5 nitrogen and oxygen atoms in total. The molecular formula is C15H22N2O3. The molecule has 5 heteroatoms. The Labute approximate surface area is 119 Å². The summed E-state index contributed by atoms with van der Waals surface area (Å²) in [5.41, 5.74) is 0.858. The summed E-state index contributed by atoms with van der Waals surface area (Å²) in [4.78, 5) is 13.7. The van der Waals surface area contributed by atoms with Gasteiger partial charge in [-0.1, -0.05) is 13.0 Å². The Kier molecular flexibility index (Phi) is 4.71. The fourth-order valence-electron chi connectivity index (χ4n) is 2.61. The zero-order chi connectivity index (χ0) is 14.5. The van der Waals surface area contributed by atoms with E-state index in [1.54, 1.807) is 12.1 Å². The molecule has 2 amide bonds. The van der Waals surface area contributed by atoms with E-state index in [0.29, 0.717) is 19.6 Å². The Balaban J connectivity index is 1.92. The molecule has 1 aliphatic heterocycles. The number of phenols is 2. The SMILES string of the molecule is CCCNC(=O)N1CCC(c2ccc(O)cc2O)CC1. The molecule has 0 aliphatic carbocycles. The maximum absolute atomic E-state index is 11.8. The standard InChI is InChI=1S/C15H22N2O3/c1-2-7-16-15(20)17-8-5-11(6-9-17)13-4-3-12(18)10-14(13)19/h3-4,10-11,18-19H,2,5-9H2,1H3,(H,16,20). The largest absolute Gasteiger partial charge is 0.508 e. The van der Waals surface area contributed by atoms with Crippen molar-refractivity contribution >= 4 is 6.03 Å². The van der Waals surface area contributed by atoms with Crippen LogP contribution in [0.5, 0.6) is 11.5 Å². The van der Waals surface area contributed by atoms with Crippen LogP contribution < -0.4 is 5.32 Å². The van der Waals surface area contributed by atoms with E-state index in [1.807, 2.05) is 11.8 Å². The molecule has 20 heavy (non-hydrogen) atoms. The second kappa shape index (κ2) is 6.50. The number of hydrogen-bond acceptors (Lipinski definition) is 3. The van der Waals surface area contributed by atoms with E-state index in [0.717, 1.165) is 24.8 Å². The number of urea groups is 1. The van der Waals surface area contributed by atoms with Gasteiger partial charge in [0.05, 0.1) is 0 Å². The molecule has 1 fully saturated rings. The first-order chi connectivity index (χ1) is 9.61. The fourth-order valence-corrected chi connectivity index (χ4v) is 2.61. The van der Waals surface area contributed by atoms with E-state index in [4.69, 9.17) is 0 Å². The summed E-state index contributed by atoms with van der Waals surface area (Å²) < 4.78 is 0. The van der Waals surface area contributed by atoms with Crippen molar-refractivity contribution in [3.8, 4) is 11.5 Å². The van der Waals surface area contributed by atoms with Crippen LogP contribution in [0.25, 0.3) is 0 Å². The molecule has 0 saturated carbocycles. The fraction of sp³-hybridized carbons (Fsp3) is 0.533. The Morgan fingerprint density at radius 3 is 2.65 bits per heavy atom. The van der Waals surface area contributed by atoms with Crippen LogP contribution in [0.3, 0.4) is 0 Å². The monoisotopic (exact) mass is 278 g/mol. The number of amides is 2. The number of piperidine rings is 1. The quantitative estimate of drug-likeness (QED) is 0.795. The van der Waals surface area contributed by atoms with Gasteiger partial charge in [-0.25, -0.2) is 4.79 Å². The summed E-state index contributed by atoms with van der Waals surface area (Å²) in [7, 11) is 0.